The summed E-state index contributed by atoms with van der Waals surface area (Å²) in [5, 5.41) is 0. The second-order valence-corrected chi connectivity index (χ2v) is 6.35. The Kier molecular flexibility index (Phi) is 6.02. The van der Waals surface area contributed by atoms with Crippen LogP contribution in [0.3, 0.4) is 0 Å². The van der Waals surface area contributed by atoms with Gasteiger partial charge in [0.1, 0.15) is 0 Å². The zero-order valence-electron chi connectivity index (χ0n) is 12.4. The summed E-state index contributed by atoms with van der Waals surface area (Å²) in [6.07, 6.45) is 12.5. The van der Waals surface area contributed by atoms with E-state index in [1.165, 1.54) is 25.7 Å². The predicted molar refractivity (Wildman–Crippen MR) is 78.0 cm³/mol. The molecule has 0 nitrogen and oxygen atoms in total. The second-order valence-electron chi connectivity index (χ2n) is 6.35. The molecule has 0 aliphatic heterocycles. The SMILES string of the molecule is CC1=CC(C)CCC=CCC(CC(C)C)C1C. The second kappa shape index (κ2) is 7.03. The standard InChI is InChI=1S/C17H30/c1-13(2)11-17-10-8-6-7-9-14(3)12-15(4)16(17)5/h6,8,12-14,16-17H,7,9-11H2,1-5H3. The molecule has 0 heteroatoms. The lowest BCUT2D eigenvalue weighted by molar-refractivity contribution is 0.331. The molecule has 0 fully saturated rings. The zero-order chi connectivity index (χ0) is 12.8. The summed E-state index contributed by atoms with van der Waals surface area (Å²) in [5.74, 6) is 3.11. The minimum atomic E-state index is 0.736. The molecule has 0 spiro atoms. The van der Waals surface area contributed by atoms with E-state index in [1.807, 2.05) is 0 Å². The first kappa shape index (κ1) is 14.5. The van der Waals surface area contributed by atoms with E-state index in [0.29, 0.717) is 0 Å². The van der Waals surface area contributed by atoms with Crippen molar-refractivity contribution in [3.8, 4) is 0 Å². The molecule has 1 aliphatic carbocycles. The van der Waals surface area contributed by atoms with Gasteiger partial charge >= 0.3 is 0 Å². The van der Waals surface area contributed by atoms with Crippen LogP contribution in [0.2, 0.25) is 0 Å². The van der Waals surface area contributed by atoms with E-state index in [-0.39, 0.29) is 0 Å². The monoisotopic (exact) mass is 234 g/mol. The van der Waals surface area contributed by atoms with Crippen LogP contribution in [0.25, 0.3) is 0 Å². The first-order chi connectivity index (χ1) is 8.00. The molecule has 3 unspecified atom stereocenters. The Bertz CT molecular complexity index is 270. The number of allylic oxidation sites excluding steroid dienone is 4. The Morgan fingerprint density at radius 3 is 2.59 bits per heavy atom. The maximum Gasteiger partial charge on any atom is -0.0203 e. The van der Waals surface area contributed by atoms with Gasteiger partial charge in [-0.3, -0.25) is 0 Å². The summed E-state index contributed by atoms with van der Waals surface area (Å²) in [4.78, 5) is 0. The van der Waals surface area contributed by atoms with Gasteiger partial charge < -0.3 is 0 Å². The summed E-state index contributed by atoms with van der Waals surface area (Å²) in [6.45, 7) is 11.8. The van der Waals surface area contributed by atoms with Gasteiger partial charge in [-0.15, -0.1) is 0 Å². The highest BCUT2D eigenvalue weighted by atomic mass is 14.2. The van der Waals surface area contributed by atoms with Crippen LogP contribution in [0.4, 0.5) is 0 Å². The van der Waals surface area contributed by atoms with Crippen LogP contribution >= 0.6 is 0 Å². The fourth-order valence-corrected chi connectivity index (χ4v) is 2.91. The van der Waals surface area contributed by atoms with E-state index in [1.54, 1.807) is 5.57 Å². The lowest BCUT2D eigenvalue weighted by Gasteiger charge is -2.27. The molecule has 0 N–H and O–H groups in total. The third kappa shape index (κ3) is 5.10. The maximum atomic E-state index is 2.51. The molecule has 0 radical (unpaired) electrons. The van der Waals surface area contributed by atoms with Crippen molar-refractivity contribution in [1.82, 2.24) is 0 Å². The molecule has 0 aromatic heterocycles. The average molecular weight is 234 g/mol. The molecule has 1 rings (SSSR count). The van der Waals surface area contributed by atoms with Crippen LogP contribution in [-0.2, 0) is 0 Å². The summed E-state index contributed by atoms with van der Waals surface area (Å²) in [5.41, 5.74) is 1.61. The highest BCUT2D eigenvalue weighted by molar-refractivity contribution is 5.07. The largest absolute Gasteiger partial charge is 0.0885 e. The van der Waals surface area contributed by atoms with Gasteiger partial charge in [-0.1, -0.05) is 51.5 Å². The Labute approximate surface area is 108 Å². The van der Waals surface area contributed by atoms with Crippen molar-refractivity contribution in [1.29, 1.82) is 0 Å². The molecular weight excluding hydrogens is 204 g/mol. The minimum absolute atomic E-state index is 0.736. The van der Waals surface area contributed by atoms with E-state index >= 15 is 0 Å². The minimum Gasteiger partial charge on any atom is -0.0885 e. The third-order valence-corrected chi connectivity index (χ3v) is 4.14. The molecule has 0 bridgehead atoms. The number of hydrogen-bond donors (Lipinski definition) is 0. The van der Waals surface area contributed by atoms with Crippen molar-refractivity contribution in [2.45, 2.75) is 60.3 Å². The Morgan fingerprint density at radius 2 is 1.94 bits per heavy atom. The van der Waals surface area contributed by atoms with Gasteiger partial charge in [-0.25, -0.2) is 0 Å². The van der Waals surface area contributed by atoms with Gasteiger partial charge in [0, 0.05) is 0 Å². The fourth-order valence-electron chi connectivity index (χ4n) is 2.91. The van der Waals surface area contributed by atoms with Gasteiger partial charge in [0.05, 0.1) is 0 Å². The zero-order valence-corrected chi connectivity index (χ0v) is 12.4. The van der Waals surface area contributed by atoms with Crippen molar-refractivity contribution in [3.05, 3.63) is 23.8 Å². The topological polar surface area (TPSA) is 0 Å². The van der Waals surface area contributed by atoms with Crippen molar-refractivity contribution < 1.29 is 0 Å². The highest BCUT2D eigenvalue weighted by Gasteiger charge is 2.19. The molecule has 0 amide bonds. The molecule has 17 heavy (non-hydrogen) atoms. The predicted octanol–water partition coefficient (Wildman–Crippen LogP) is 5.61. The highest BCUT2D eigenvalue weighted by Crippen LogP contribution is 2.31. The lowest BCUT2D eigenvalue weighted by Crippen LogP contribution is -2.16. The molecule has 0 aromatic carbocycles. The Hall–Kier alpha value is -0.520. The lowest BCUT2D eigenvalue weighted by atomic mass is 9.79. The summed E-state index contributed by atoms with van der Waals surface area (Å²) < 4.78 is 0. The molecule has 3 atom stereocenters. The normalized spacial score (nSPS) is 31.4. The van der Waals surface area contributed by atoms with Crippen LogP contribution in [0.1, 0.15) is 60.3 Å². The van der Waals surface area contributed by atoms with Crippen LogP contribution < -0.4 is 0 Å². The van der Waals surface area contributed by atoms with E-state index in [0.717, 1.165) is 23.7 Å². The quantitative estimate of drug-likeness (QED) is 0.545. The average Bonchev–Trinajstić information content (AvgIpc) is 2.24. The molecular formula is C17H30. The molecule has 0 heterocycles. The van der Waals surface area contributed by atoms with Crippen LogP contribution in [-0.4, -0.2) is 0 Å². The third-order valence-electron chi connectivity index (χ3n) is 4.14. The Balaban J connectivity index is 2.79. The number of hydrogen-bond acceptors (Lipinski definition) is 0. The van der Waals surface area contributed by atoms with Crippen molar-refractivity contribution in [2.75, 3.05) is 0 Å². The first-order valence-corrected chi connectivity index (χ1v) is 7.34. The Morgan fingerprint density at radius 1 is 1.24 bits per heavy atom. The summed E-state index contributed by atoms with van der Waals surface area (Å²) >= 11 is 0. The van der Waals surface area contributed by atoms with E-state index in [4.69, 9.17) is 0 Å². The number of rotatable bonds is 2. The maximum absolute atomic E-state index is 2.51. The summed E-state index contributed by atoms with van der Waals surface area (Å²) in [7, 11) is 0. The van der Waals surface area contributed by atoms with Crippen molar-refractivity contribution in [3.63, 3.8) is 0 Å². The van der Waals surface area contributed by atoms with Crippen molar-refractivity contribution in [2.24, 2.45) is 23.7 Å². The van der Waals surface area contributed by atoms with Gasteiger partial charge in [-0.2, -0.15) is 0 Å². The smallest absolute Gasteiger partial charge is 0.0203 e. The van der Waals surface area contributed by atoms with Crippen LogP contribution in [0, 0.1) is 23.7 Å². The van der Waals surface area contributed by atoms with E-state index < -0.39 is 0 Å². The van der Waals surface area contributed by atoms with Crippen molar-refractivity contribution >= 4 is 0 Å². The van der Waals surface area contributed by atoms with Gasteiger partial charge in [0.15, 0.2) is 0 Å². The molecule has 0 aromatic rings. The fraction of sp³-hybridized carbons (Fsp3) is 0.765. The summed E-state index contributed by atoms with van der Waals surface area (Å²) in [6, 6.07) is 0. The molecule has 0 saturated heterocycles. The van der Waals surface area contributed by atoms with Crippen LogP contribution in [0.5, 0.6) is 0 Å². The van der Waals surface area contributed by atoms with Gasteiger partial charge in [-0.05, 0) is 56.3 Å². The van der Waals surface area contributed by atoms with E-state index in [2.05, 4.69) is 52.8 Å². The molecule has 98 valence electrons. The molecule has 1 aliphatic rings. The first-order valence-electron chi connectivity index (χ1n) is 7.34. The van der Waals surface area contributed by atoms with Crippen LogP contribution in [0.15, 0.2) is 23.8 Å². The van der Waals surface area contributed by atoms with E-state index in [9.17, 15) is 0 Å². The van der Waals surface area contributed by atoms with Gasteiger partial charge in [0.2, 0.25) is 0 Å². The van der Waals surface area contributed by atoms with Gasteiger partial charge in [0.25, 0.3) is 0 Å². The molecule has 0 saturated carbocycles.